The molecule has 0 radical (unpaired) electrons. The Hall–Kier alpha value is -0.610. The minimum Gasteiger partial charge on any atom is -0.388 e. The average molecular weight is 254 g/mol. The number of amides is 1. The molecule has 0 unspecified atom stereocenters. The number of rotatable bonds is 3. The lowest BCUT2D eigenvalue weighted by atomic mass is 9.85. The van der Waals surface area contributed by atoms with Crippen LogP contribution >= 0.6 is 0 Å². The summed E-state index contributed by atoms with van der Waals surface area (Å²) in [5.74, 6) is 0.321. The first-order chi connectivity index (χ1) is 8.50. The highest BCUT2D eigenvalue weighted by atomic mass is 16.3. The van der Waals surface area contributed by atoms with Gasteiger partial charge in [0.05, 0.1) is 5.60 Å². The van der Waals surface area contributed by atoms with Gasteiger partial charge in [-0.05, 0) is 38.5 Å². The summed E-state index contributed by atoms with van der Waals surface area (Å²) < 4.78 is 0. The summed E-state index contributed by atoms with van der Waals surface area (Å²) in [5, 5.41) is 10.3. The van der Waals surface area contributed by atoms with E-state index >= 15 is 0 Å². The molecule has 2 aliphatic carbocycles. The first kappa shape index (κ1) is 13.8. The number of nitrogens with two attached hydrogens (primary N) is 1. The van der Waals surface area contributed by atoms with Crippen molar-refractivity contribution in [3.05, 3.63) is 0 Å². The van der Waals surface area contributed by atoms with Crippen LogP contribution in [0.25, 0.3) is 0 Å². The predicted molar refractivity (Wildman–Crippen MR) is 71.0 cm³/mol. The lowest BCUT2D eigenvalue weighted by Crippen LogP contribution is -2.45. The summed E-state index contributed by atoms with van der Waals surface area (Å²) in [6, 6.07) is 0.276. The van der Waals surface area contributed by atoms with Crippen LogP contribution in [-0.4, -0.2) is 41.1 Å². The van der Waals surface area contributed by atoms with Crippen molar-refractivity contribution in [1.29, 1.82) is 0 Å². The van der Waals surface area contributed by atoms with E-state index < -0.39 is 5.60 Å². The molecule has 2 rings (SSSR count). The van der Waals surface area contributed by atoms with E-state index in [1.807, 2.05) is 7.05 Å². The van der Waals surface area contributed by atoms with Crippen molar-refractivity contribution in [2.75, 3.05) is 13.6 Å². The van der Waals surface area contributed by atoms with Crippen LogP contribution < -0.4 is 5.73 Å². The van der Waals surface area contributed by atoms with Gasteiger partial charge in [-0.3, -0.25) is 4.79 Å². The molecule has 2 saturated carbocycles. The van der Waals surface area contributed by atoms with Gasteiger partial charge >= 0.3 is 0 Å². The van der Waals surface area contributed by atoms with E-state index in [0.29, 0.717) is 6.54 Å². The zero-order valence-corrected chi connectivity index (χ0v) is 11.4. The molecule has 0 aromatic heterocycles. The number of carbonyl (C=O) groups excluding carboxylic acids is 1. The molecule has 4 nitrogen and oxygen atoms in total. The minimum atomic E-state index is -0.629. The molecule has 2 aliphatic rings. The Morgan fingerprint density at radius 3 is 2.39 bits per heavy atom. The van der Waals surface area contributed by atoms with Crippen molar-refractivity contribution in [3.63, 3.8) is 0 Å². The average Bonchev–Trinajstić information content (AvgIpc) is 2.76. The van der Waals surface area contributed by atoms with Crippen LogP contribution in [0.15, 0.2) is 0 Å². The summed E-state index contributed by atoms with van der Waals surface area (Å²) in [6.07, 6.45) is 7.54. The van der Waals surface area contributed by atoms with Crippen LogP contribution in [0.1, 0.15) is 51.4 Å². The van der Waals surface area contributed by atoms with Crippen molar-refractivity contribution < 1.29 is 9.90 Å². The number of hydrogen-bond acceptors (Lipinski definition) is 3. The molecule has 3 N–H and O–H groups in total. The quantitative estimate of drug-likeness (QED) is 0.797. The lowest BCUT2D eigenvalue weighted by Gasteiger charge is -2.33. The van der Waals surface area contributed by atoms with Gasteiger partial charge in [-0.15, -0.1) is 0 Å². The fraction of sp³-hybridized carbons (Fsp3) is 0.929. The number of aliphatic hydroxyl groups is 1. The normalized spacial score (nSPS) is 31.3. The Morgan fingerprint density at radius 1 is 1.28 bits per heavy atom. The molecule has 0 saturated heterocycles. The molecule has 104 valence electrons. The Balaban J connectivity index is 1.84. The smallest absolute Gasteiger partial charge is 0.225 e. The Bertz CT molecular complexity index is 292. The minimum absolute atomic E-state index is 0.125. The molecule has 0 aromatic rings. The summed E-state index contributed by atoms with van der Waals surface area (Å²) in [5.41, 5.74) is 5.23. The standard InChI is InChI=1S/C14H26N2O2/c1-16(10-14(18)8-2-3-9-14)13(17)11-4-6-12(15)7-5-11/h11-12,18H,2-10,15H2,1H3. The van der Waals surface area contributed by atoms with Crippen LogP contribution in [0.3, 0.4) is 0 Å². The number of likely N-dealkylation sites (N-methyl/N-ethyl adjacent to an activating group) is 1. The second-order valence-electron chi connectivity index (χ2n) is 6.24. The fourth-order valence-corrected chi connectivity index (χ4v) is 3.39. The van der Waals surface area contributed by atoms with Gasteiger partial charge in [0, 0.05) is 25.6 Å². The highest BCUT2D eigenvalue weighted by Crippen LogP contribution is 2.31. The van der Waals surface area contributed by atoms with E-state index in [9.17, 15) is 9.90 Å². The third-order valence-electron chi connectivity index (χ3n) is 4.56. The predicted octanol–water partition coefficient (Wildman–Crippen LogP) is 1.27. The van der Waals surface area contributed by atoms with Crippen LogP contribution in [0.5, 0.6) is 0 Å². The van der Waals surface area contributed by atoms with E-state index in [-0.39, 0.29) is 17.9 Å². The Labute approximate surface area is 110 Å². The molecule has 0 aliphatic heterocycles. The SMILES string of the molecule is CN(CC1(O)CCCC1)C(=O)C1CCC(N)CC1. The second kappa shape index (κ2) is 5.57. The van der Waals surface area contributed by atoms with E-state index in [1.54, 1.807) is 4.90 Å². The largest absolute Gasteiger partial charge is 0.388 e. The third kappa shape index (κ3) is 3.23. The van der Waals surface area contributed by atoms with Gasteiger partial charge in [-0.25, -0.2) is 0 Å². The summed E-state index contributed by atoms with van der Waals surface area (Å²) in [7, 11) is 1.83. The Kier molecular flexibility index (Phi) is 4.28. The summed E-state index contributed by atoms with van der Waals surface area (Å²) >= 11 is 0. The van der Waals surface area contributed by atoms with Crippen molar-refractivity contribution in [2.45, 2.75) is 63.0 Å². The molecule has 4 heteroatoms. The molecule has 0 spiro atoms. The number of carbonyl (C=O) groups is 1. The molecular formula is C14H26N2O2. The first-order valence-corrected chi connectivity index (χ1v) is 7.23. The third-order valence-corrected chi connectivity index (χ3v) is 4.56. The van der Waals surface area contributed by atoms with Gasteiger partial charge in [0.15, 0.2) is 0 Å². The topological polar surface area (TPSA) is 66.6 Å². The van der Waals surface area contributed by atoms with Gasteiger partial charge in [-0.1, -0.05) is 12.8 Å². The molecule has 0 atom stereocenters. The molecule has 0 bridgehead atoms. The highest BCUT2D eigenvalue weighted by molar-refractivity contribution is 5.78. The first-order valence-electron chi connectivity index (χ1n) is 7.23. The molecule has 0 heterocycles. The van der Waals surface area contributed by atoms with Crippen molar-refractivity contribution >= 4 is 5.91 Å². The highest BCUT2D eigenvalue weighted by Gasteiger charge is 2.35. The Morgan fingerprint density at radius 2 is 1.83 bits per heavy atom. The lowest BCUT2D eigenvalue weighted by molar-refractivity contribution is -0.138. The fourth-order valence-electron chi connectivity index (χ4n) is 3.39. The molecule has 18 heavy (non-hydrogen) atoms. The molecule has 0 aromatic carbocycles. The van der Waals surface area contributed by atoms with Gasteiger partial charge in [-0.2, -0.15) is 0 Å². The number of hydrogen-bond donors (Lipinski definition) is 2. The number of nitrogens with zero attached hydrogens (tertiary/aromatic N) is 1. The summed E-state index contributed by atoms with van der Waals surface area (Å²) in [4.78, 5) is 14.1. The van der Waals surface area contributed by atoms with Gasteiger partial charge in [0.25, 0.3) is 0 Å². The van der Waals surface area contributed by atoms with E-state index in [1.165, 1.54) is 0 Å². The van der Waals surface area contributed by atoms with Crippen molar-refractivity contribution in [1.82, 2.24) is 4.90 Å². The van der Waals surface area contributed by atoms with Crippen LogP contribution in [0.2, 0.25) is 0 Å². The molecule has 1 amide bonds. The second-order valence-corrected chi connectivity index (χ2v) is 6.24. The van der Waals surface area contributed by atoms with Crippen LogP contribution in [-0.2, 0) is 4.79 Å². The monoisotopic (exact) mass is 254 g/mol. The zero-order valence-electron chi connectivity index (χ0n) is 11.4. The van der Waals surface area contributed by atoms with E-state index in [2.05, 4.69) is 0 Å². The van der Waals surface area contributed by atoms with Gasteiger partial charge < -0.3 is 15.7 Å². The van der Waals surface area contributed by atoms with Gasteiger partial charge in [0.1, 0.15) is 0 Å². The maximum atomic E-state index is 12.3. The van der Waals surface area contributed by atoms with Crippen molar-refractivity contribution in [2.24, 2.45) is 11.7 Å². The maximum Gasteiger partial charge on any atom is 0.225 e. The molecular weight excluding hydrogens is 228 g/mol. The van der Waals surface area contributed by atoms with Crippen molar-refractivity contribution in [3.8, 4) is 0 Å². The van der Waals surface area contributed by atoms with Crippen LogP contribution in [0, 0.1) is 5.92 Å². The van der Waals surface area contributed by atoms with Gasteiger partial charge in [0.2, 0.25) is 5.91 Å². The maximum absolute atomic E-state index is 12.3. The van der Waals surface area contributed by atoms with Crippen LogP contribution in [0.4, 0.5) is 0 Å². The zero-order chi connectivity index (χ0) is 13.2. The molecule has 2 fully saturated rings. The van der Waals surface area contributed by atoms with E-state index in [4.69, 9.17) is 5.73 Å². The summed E-state index contributed by atoms with van der Waals surface area (Å²) in [6.45, 7) is 0.494. The van der Waals surface area contributed by atoms with E-state index in [0.717, 1.165) is 51.4 Å².